The Hall–Kier alpha value is -2.50. The first-order chi connectivity index (χ1) is 14.2. The first-order valence-corrected chi connectivity index (χ1v) is 10.9. The van der Waals surface area contributed by atoms with Gasteiger partial charge in [0, 0.05) is 30.6 Å². The highest BCUT2D eigenvalue weighted by molar-refractivity contribution is 7.13. The van der Waals surface area contributed by atoms with Crippen molar-refractivity contribution in [3.63, 3.8) is 0 Å². The van der Waals surface area contributed by atoms with Crippen LogP contribution in [-0.4, -0.2) is 29.9 Å². The van der Waals surface area contributed by atoms with Gasteiger partial charge in [0.05, 0.1) is 6.42 Å². The zero-order chi connectivity index (χ0) is 20.1. The minimum absolute atomic E-state index is 0.0127. The van der Waals surface area contributed by atoms with Crippen LogP contribution in [0.5, 0.6) is 0 Å². The zero-order valence-electron chi connectivity index (χ0n) is 16.3. The summed E-state index contributed by atoms with van der Waals surface area (Å²) in [5.41, 5.74) is 3.45. The molecule has 2 heterocycles. The van der Waals surface area contributed by atoms with E-state index in [4.69, 9.17) is 0 Å². The number of hydrogen-bond acceptors (Lipinski definition) is 3. The number of benzene rings is 2. The lowest BCUT2D eigenvalue weighted by atomic mass is 10.0. The number of hydrogen-bond donors (Lipinski definition) is 1. The number of piperidine rings is 1. The van der Waals surface area contributed by atoms with Crippen molar-refractivity contribution in [3.05, 3.63) is 83.0 Å². The molecular formula is C24H25FN2OS. The van der Waals surface area contributed by atoms with Crippen molar-refractivity contribution in [2.24, 2.45) is 0 Å². The zero-order valence-corrected chi connectivity index (χ0v) is 17.1. The lowest BCUT2D eigenvalue weighted by molar-refractivity contribution is -0.121. The molecule has 0 saturated carbocycles. The number of likely N-dealkylation sites (tertiary alicyclic amines) is 1. The third kappa shape index (κ3) is 5.52. The summed E-state index contributed by atoms with van der Waals surface area (Å²) in [6, 6.07) is 19.4. The molecule has 1 aliphatic heterocycles. The molecule has 1 fully saturated rings. The Bertz CT molecular complexity index is 932. The van der Waals surface area contributed by atoms with Crippen molar-refractivity contribution in [1.82, 2.24) is 10.2 Å². The molecule has 1 aromatic heterocycles. The summed E-state index contributed by atoms with van der Waals surface area (Å²) in [4.78, 5) is 16.0. The maximum Gasteiger partial charge on any atom is 0.224 e. The molecule has 1 amide bonds. The molecule has 3 aromatic rings. The van der Waals surface area contributed by atoms with Gasteiger partial charge in [0.15, 0.2) is 0 Å². The molecule has 3 nitrogen and oxygen atoms in total. The number of nitrogens with one attached hydrogen (secondary N) is 1. The molecule has 1 aliphatic rings. The van der Waals surface area contributed by atoms with Gasteiger partial charge in [0.1, 0.15) is 5.82 Å². The van der Waals surface area contributed by atoms with Crippen LogP contribution in [0, 0.1) is 5.82 Å². The lowest BCUT2D eigenvalue weighted by Gasteiger charge is -2.32. The van der Waals surface area contributed by atoms with Crippen LogP contribution in [-0.2, 0) is 17.8 Å². The van der Waals surface area contributed by atoms with Crippen molar-refractivity contribution >= 4 is 17.2 Å². The first kappa shape index (κ1) is 19.8. The van der Waals surface area contributed by atoms with Gasteiger partial charge in [-0.25, -0.2) is 4.39 Å². The van der Waals surface area contributed by atoms with Crippen LogP contribution in [0.15, 0.2) is 66.0 Å². The van der Waals surface area contributed by atoms with E-state index < -0.39 is 0 Å². The number of carbonyl (C=O) groups excluding carboxylic acids is 1. The Morgan fingerprint density at radius 3 is 2.55 bits per heavy atom. The third-order valence-electron chi connectivity index (χ3n) is 5.37. The van der Waals surface area contributed by atoms with Gasteiger partial charge in [-0.1, -0.05) is 36.4 Å². The maximum atomic E-state index is 13.0. The van der Waals surface area contributed by atoms with Gasteiger partial charge in [-0.15, -0.1) is 11.3 Å². The second-order valence-electron chi connectivity index (χ2n) is 7.60. The summed E-state index contributed by atoms with van der Waals surface area (Å²) in [5.74, 6) is -0.263. The summed E-state index contributed by atoms with van der Waals surface area (Å²) in [5, 5.41) is 5.24. The van der Waals surface area contributed by atoms with E-state index in [1.54, 1.807) is 23.5 Å². The SMILES string of the molecule is O=C(Cc1ccc(F)cc1)NC1CCN(Cc2cccc(-c3cccs3)c2)CC1. The second kappa shape index (κ2) is 9.33. The molecule has 0 bridgehead atoms. The molecule has 150 valence electrons. The molecule has 2 aromatic carbocycles. The van der Waals surface area contributed by atoms with E-state index in [1.807, 2.05) is 0 Å². The molecule has 0 aliphatic carbocycles. The van der Waals surface area contributed by atoms with Gasteiger partial charge in [-0.05, 0) is 59.2 Å². The van der Waals surface area contributed by atoms with Gasteiger partial charge in [0.2, 0.25) is 5.91 Å². The Morgan fingerprint density at radius 1 is 1.03 bits per heavy atom. The van der Waals surface area contributed by atoms with E-state index in [9.17, 15) is 9.18 Å². The highest BCUT2D eigenvalue weighted by atomic mass is 32.1. The standard InChI is InChI=1S/C24H25FN2OS/c25-21-8-6-18(7-9-21)16-24(28)26-22-10-12-27(13-11-22)17-19-3-1-4-20(15-19)23-5-2-14-29-23/h1-9,14-15,22H,10-13,16-17H2,(H,26,28). The number of rotatable bonds is 6. The van der Waals surface area contributed by atoms with E-state index in [0.29, 0.717) is 6.42 Å². The fourth-order valence-electron chi connectivity index (χ4n) is 3.83. The number of amides is 1. The Morgan fingerprint density at radius 2 is 1.83 bits per heavy atom. The average molecular weight is 409 g/mol. The van der Waals surface area contributed by atoms with Crippen LogP contribution in [0.1, 0.15) is 24.0 Å². The van der Waals surface area contributed by atoms with E-state index in [0.717, 1.165) is 38.0 Å². The van der Waals surface area contributed by atoms with Crippen molar-refractivity contribution < 1.29 is 9.18 Å². The normalized spacial score (nSPS) is 15.3. The monoisotopic (exact) mass is 408 g/mol. The second-order valence-corrected chi connectivity index (χ2v) is 8.55. The predicted molar refractivity (Wildman–Crippen MR) is 116 cm³/mol. The number of halogens is 1. The molecule has 0 radical (unpaired) electrons. The summed E-state index contributed by atoms with van der Waals surface area (Å²) < 4.78 is 13.0. The van der Waals surface area contributed by atoms with Crippen LogP contribution in [0.25, 0.3) is 10.4 Å². The van der Waals surface area contributed by atoms with Crippen molar-refractivity contribution in [2.45, 2.75) is 31.8 Å². The van der Waals surface area contributed by atoms with Crippen molar-refractivity contribution in [1.29, 1.82) is 0 Å². The third-order valence-corrected chi connectivity index (χ3v) is 6.29. The Balaban J connectivity index is 1.25. The van der Waals surface area contributed by atoms with Crippen LogP contribution < -0.4 is 5.32 Å². The number of nitrogens with zero attached hydrogens (tertiary/aromatic N) is 1. The molecule has 0 spiro atoms. The molecule has 5 heteroatoms. The van der Waals surface area contributed by atoms with Gasteiger partial charge >= 0.3 is 0 Å². The highest BCUT2D eigenvalue weighted by Gasteiger charge is 2.21. The summed E-state index contributed by atoms with van der Waals surface area (Å²) >= 11 is 1.77. The molecule has 1 N–H and O–H groups in total. The largest absolute Gasteiger partial charge is 0.353 e. The quantitative estimate of drug-likeness (QED) is 0.631. The fraction of sp³-hybridized carbons (Fsp3) is 0.292. The first-order valence-electron chi connectivity index (χ1n) is 10.0. The minimum atomic E-state index is -0.276. The van der Waals surface area contributed by atoms with Crippen molar-refractivity contribution in [3.8, 4) is 10.4 Å². The summed E-state index contributed by atoms with van der Waals surface area (Å²) in [6.07, 6.45) is 2.22. The van der Waals surface area contributed by atoms with Crippen molar-refractivity contribution in [2.75, 3.05) is 13.1 Å². The Kier molecular flexibility index (Phi) is 6.37. The highest BCUT2D eigenvalue weighted by Crippen LogP contribution is 2.26. The van der Waals surface area contributed by atoms with E-state index in [2.05, 4.69) is 52.0 Å². The molecule has 0 unspecified atom stereocenters. The van der Waals surface area contributed by atoms with Crippen LogP contribution in [0.2, 0.25) is 0 Å². The van der Waals surface area contributed by atoms with Crippen LogP contribution in [0.3, 0.4) is 0 Å². The number of thiophene rings is 1. The van der Waals surface area contributed by atoms with Crippen LogP contribution in [0.4, 0.5) is 4.39 Å². The predicted octanol–water partition coefficient (Wildman–Crippen LogP) is 4.88. The topological polar surface area (TPSA) is 32.3 Å². The lowest BCUT2D eigenvalue weighted by Crippen LogP contribution is -2.44. The Labute approximate surface area is 175 Å². The molecular weight excluding hydrogens is 383 g/mol. The van der Waals surface area contributed by atoms with Gasteiger partial charge in [0.25, 0.3) is 0 Å². The molecule has 1 saturated heterocycles. The molecule has 29 heavy (non-hydrogen) atoms. The fourth-order valence-corrected chi connectivity index (χ4v) is 4.55. The van der Waals surface area contributed by atoms with Gasteiger partial charge in [-0.2, -0.15) is 0 Å². The average Bonchev–Trinajstić information content (AvgIpc) is 3.26. The minimum Gasteiger partial charge on any atom is -0.353 e. The smallest absolute Gasteiger partial charge is 0.224 e. The maximum absolute atomic E-state index is 13.0. The van der Waals surface area contributed by atoms with E-state index >= 15 is 0 Å². The van der Waals surface area contributed by atoms with Gasteiger partial charge < -0.3 is 5.32 Å². The molecule has 4 rings (SSSR count). The molecule has 0 atom stereocenters. The van der Waals surface area contributed by atoms with Crippen LogP contribution >= 0.6 is 11.3 Å². The van der Waals surface area contributed by atoms with Gasteiger partial charge in [-0.3, -0.25) is 9.69 Å². The summed E-state index contributed by atoms with van der Waals surface area (Å²) in [6.45, 7) is 2.89. The van der Waals surface area contributed by atoms with E-state index in [-0.39, 0.29) is 17.8 Å². The summed E-state index contributed by atoms with van der Waals surface area (Å²) in [7, 11) is 0. The van der Waals surface area contributed by atoms with E-state index in [1.165, 1.54) is 28.1 Å². The number of carbonyl (C=O) groups is 1.